The molecule has 2 atom stereocenters. The molecule has 202 valence electrons. The van der Waals surface area contributed by atoms with Crippen molar-refractivity contribution in [1.82, 2.24) is 9.97 Å². The third kappa shape index (κ3) is 4.74. The Kier molecular flexibility index (Phi) is 7.14. The Labute approximate surface area is 223 Å². The molecule has 0 saturated carbocycles. The lowest BCUT2D eigenvalue weighted by molar-refractivity contribution is -0.119. The molecule has 5 rings (SSSR count). The summed E-state index contributed by atoms with van der Waals surface area (Å²) in [6.45, 7) is 1.48. The van der Waals surface area contributed by atoms with Crippen LogP contribution in [0.5, 0.6) is 28.7 Å². The molecule has 1 aromatic heterocycles. The van der Waals surface area contributed by atoms with Crippen LogP contribution in [0.3, 0.4) is 0 Å². The van der Waals surface area contributed by atoms with Crippen molar-refractivity contribution in [1.29, 1.82) is 5.26 Å². The highest BCUT2D eigenvalue weighted by molar-refractivity contribution is 5.98. The molecular weight excluding hydrogens is 506 g/mol. The van der Waals surface area contributed by atoms with E-state index in [9.17, 15) is 14.9 Å². The number of nitriles is 1. The van der Waals surface area contributed by atoms with Gasteiger partial charge in [0.15, 0.2) is 23.0 Å². The molecule has 2 aliphatic rings. The SMILES string of the molecule is COc1ccc(C2c3c(nc(NCc4ccc5c(c4)OCCCO5)[nH]c3=O)NC(=O)C2C#N)c(OC)c1OC. The second-order valence-corrected chi connectivity index (χ2v) is 8.86. The first-order valence-corrected chi connectivity index (χ1v) is 12.2. The molecule has 2 aromatic carbocycles. The average molecular weight is 534 g/mol. The largest absolute Gasteiger partial charge is 0.493 e. The predicted molar refractivity (Wildman–Crippen MR) is 140 cm³/mol. The summed E-state index contributed by atoms with van der Waals surface area (Å²) in [7, 11) is 4.36. The number of amides is 1. The Morgan fingerprint density at radius 2 is 1.82 bits per heavy atom. The quantitative estimate of drug-likeness (QED) is 0.413. The van der Waals surface area contributed by atoms with Crippen LogP contribution in [0.4, 0.5) is 11.8 Å². The number of ether oxygens (including phenoxy) is 5. The fraction of sp³-hybridized carbons (Fsp3) is 0.333. The van der Waals surface area contributed by atoms with Gasteiger partial charge in [-0.25, -0.2) is 0 Å². The highest BCUT2D eigenvalue weighted by Gasteiger charge is 2.42. The van der Waals surface area contributed by atoms with E-state index in [0.29, 0.717) is 42.6 Å². The molecule has 2 unspecified atom stereocenters. The van der Waals surface area contributed by atoms with Crippen molar-refractivity contribution < 1.29 is 28.5 Å². The summed E-state index contributed by atoms with van der Waals surface area (Å²) in [4.78, 5) is 33.6. The summed E-state index contributed by atoms with van der Waals surface area (Å²) in [5, 5.41) is 15.6. The number of rotatable bonds is 7. The number of nitrogens with zero attached hydrogens (tertiary/aromatic N) is 2. The van der Waals surface area contributed by atoms with Crippen LogP contribution in [-0.2, 0) is 11.3 Å². The molecular formula is C27H27N5O7. The van der Waals surface area contributed by atoms with Crippen molar-refractivity contribution in [3.63, 3.8) is 0 Å². The number of carbonyl (C=O) groups excluding carboxylic acids is 1. The molecule has 1 amide bonds. The summed E-state index contributed by atoms with van der Waals surface area (Å²) >= 11 is 0. The Balaban J connectivity index is 1.50. The number of aromatic amines is 1. The molecule has 3 N–H and O–H groups in total. The maximum Gasteiger partial charge on any atom is 0.258 e. The van der Waals surface area contributed by atoms with Crippen LogP contribution >= 0.6 is 0 Å². The normalized spacial score (nSPS) is 17.6. The number of methoxy groups -OCH3 is 3. The van der Waals surface area contributed by atoms with Gasteiger partial charge < -0.3 is 34.3 Å². The Hall–Kier alpha value is -4.92. The Bertz CT molecular complexity index is 1510. The summed E-state index contributed by atoms with van der Waals surface area (Å²) < 4.78 is 27.8. The number of benzene rings is 2. The molecule has 0 spiro atoms. The number of hydrogen-bond donors (Lipinski definition) is 3. The molecule has 0 bridgehead atoms. The van der Waals surface area contributed by atoms with E-state index in [4.69, 9.17) is 23.7 Å². The summed E-state index contributed by atoms with van der Waals surface area (Å²) in [5.41, 5.74) is 0.912. The minimum absolute atomic E-state index is 0.0539. The monoisotopic (exact) mass is 533 g/mol. The molecule has 3 aromatic rings. The van der Waals surface area contributed by atoms with E-state index >= 15 is 0 Å². The zero-order valence-electron chi connectivity index (χ0n) is 21.6. The Morgan fingerprint density at radius 1 is 1.05 bits per heavy atom. The van der Waals surface area contributed by atoms with Gasteiger partial charge in [-0.2, -0.15) is 10.2 Å². The molecule has 12 heteroatoms. The van der Waals surface area contributed by atoms with Crippen LogP contribution in [0.2, 0.25) is 0 Å². The van der Waals surface area contributed by atoms with Crippen LogP contribution in [-0.4, -0.2) is 50.4 Å². The fourth-order valence-corrected chi connectivity index (χ4v) is 4.80. The van der Waals surface area contributed by atoms with E-state index in [2.05, 4.69) is 20.6 Å². The van der Waals surface area contributed by atoms with Crippen molar-refractivity contribution in [2.24, 2.45) is 5.92 Å². The van der Waals surface area contributed by atoms with Crippen molar-refractivity contribution in [3.8, 4) is 34.8 Å². The van der Waals surface area contributed by atoms with Crippen LogP contribution in [0.1, 0.15) is 29.0 Å². The van der Waals surface area contributed by atoms with E-state index in [1.54, 1.807) is 12.1 Å². The average Bonchev–Trinajstić information content (AvgIpc) is 3.19. The van der Waals surface area contributed by atoms with Crippen LogP contribution in [0, 0.1) is 17.2 Å². The first-order valence-electron chi connectivity index (χ1n) is 12.2. The van der Waals surface area contributed by atoms with E-state index in [-0.39, 0.29) is 28.8 Å². The van der Waals surface area contributed by atoms with Gasteiger partial charge >= 0.3 is 0 Å². The van der Waals surface area contributed by atoms with Crippen molar-refractivity contribution in [2.45, 2.75) is 18.9 Å². The number of hydrogen-bond acceptors (Lipinski definition) is 10. The van der Waals surface area contributed by atoms with Crippen molar-refractivity contribution in [3.05, 3.63) is 57.4 Å². The number of H-pyrrole nitrogens is 1. The zero-order chi connectivity index (χ0) is 27.5. The molecule has 3 heterocycles. The lowest BCUT2D eigenvalue weighted by Crippen LogP contribution is -2.38. The number of aromatic nitrogens is 2. The van der Waals surface area contributed by atoms with Gasteiger partial charge in [0.2, 0.25) is 17.6 Å². The molecule has 0 fully saturated rings. The topological polar surface area (TPSA) is 157 Å². The van der Waals surface area contributed by atoms with Crippen molar-refractivity contribution >= 4 is 17.7 Å². The van der Waals surface area contributed by atoms with E-state index in [0.717, 1.165) is 12.0 Å². The van der Waals surface area contributed by atoms with Gasteiger partial charge in [0.25, 0.3) is 5.56 Å². The summed E-state index contributed by atoms with van der Waals surface area (Å²) in [6.07, 6.45) is 0.803. The third-order valence-electron chi connectivity index (χ3n) is 6.60. The van der Waals surface area contributed by atoms with Gasteiger partial charge in [-0.05, 0) is 23.8 Å². The lowest BCUT2D eigenvalue weighted by atomic mass is 9.78. The first kappa shape index (κ1) is 25.7. The number of nitrogens with one attached hydrogen (secondary N) is 3. The molecule has 12 nitrogen and oxygen atoms in total. The molecule has 2 aliphatic heterocycles. The minimum atomic E-state index is -1.21. The fourth-order valence-electron chi connectivity index (χ4n) is 4.80. The predicted octanol–water partition coefficient (Wildman–Crippen LogP) is 2.79. The molecule has 0 radical (unpaired) electrons. The number of anilines is 2. The second kappa shape index (κ2) is 10.8. The third-order valence-corrected chi connectivity index (χ3v) is 6.60. The summed E-state index contributed by atoms with van der Waals surface area (Å²) in [6, 6.07) is 10.9. The van der Waals surface area contributed by atoms with Gasteiger partial charge in [-0.15, -0.1) is 0 Å². The van der Waals surface area contributed by atoms with E-state index in [1.165, 1.54) is 21.3 Å². The maximum atomic E-state index is 13.4. The van der Waals surface area contributed by atoms with Crippen LogP contribution in [0.15, 0.2) is 35.1 Å². The summed E-state index contributed by atoms with van der Waals surface area (Å²) in [5.74, 6) is -0.305. The minimum Gasteiger partial charge on any atom is -0.493 e. The Morgan fingerprint density at radius 3 is 2.54 bits per heavy atom. The van der Waals surface area contributed by atoms with Gasteiger partial charge in [-0.3, -0.25) is 14.6 Å². The van der Waals surface area contributed by atoms with E-state index in [1.807, 2.05) is 24.3 Å². The highest BCUT2D eigenvalue weighted by Crippen LogP contribution is 2.48. The first-order chi connectivity index (χ1) is 19.0. The number of carbonyl (C=O) groups is 1. The van der Waals surface area contributed by atoms with Gasteiger partial charge in [0.1, 0.15) is 11.7 Å². The highest BCUT2D eigenvalue weighted by atomic mass is 16.5. The molecule has 0 saturated heterocycles. The number of fused-ring (bicyclic) bond motifs is 2. The zero-order valence-corrected chi connectivity index (χ0v) is 21.6. The van der Waals surface area contributed by atoms with Crippen LogP contribution < -0.4 is 39.9 Å². The standard InChI is InChI=1S/C27H27N5O7/c1-35-18-8-6-15(22(36-2)23(18)37-3)20-16(12-28)25(33)30-24-21(20)26(34)32-27(31-24)29-13-14-5-7-17-19(11-14)39-10-4-9-38-17/h5-8,11,16,20H,4,9-10,13H2,1-3H3,(H3,29,30,31,32,33,34). The van der Waals surface area contributed by atoms with Gasteiger partial charge in [-0.1, -0.05) is 12.1 Å². The van der Waals surface area contributed by atoms with E-state index < -0.39 is 23.3 Å². The lowest BCUT2D eigenvalue weighted by Gasteiger charge is -2.30. The second-order valence-electron chi connectivity index (χ2n) is 8.86. The molecule has 0 aliphatic carbocycles. The molecule has 39 heavy (non-hydrogen) atoms. The van der Waals surface area contributed by atoms with Gasteiger partial charge in [0, 0.05) is 24.4 Å². The van der Waals surface area contributed by atoms with Crippen LogP contribution in [0.25, 0.3) is 0 Å². The van der Waals surface area contributed by atoms with Crippen molar-refractivity contribution in [2.75, 3.05) is 45.2 Å². The van der Waals surface area contributed by atoms with Gasteiger partial charge in [0.05, 0.1) is 46.2 Å². The maximum absolute atomic E-state index is 13.4. The smallest absolute Gasteiger partial charge is 0.258 e.